The van der Waals surface area contributed by atoms with Gasteiger partial charge in [-0.2, -0.15) is 31.4 Å². The number of anilines is 1. The molecule has 1 aliphatic carbocycles. The quantitative estimate of drug-likeness (QED) is 0.197. The molecule has 3 aromatic carbocycles. The summed E-state index contributed by atoms with van der Waals surface area (Å²) in [6, 6.07) is 18.4. The fourth-order valence-corrected chi connectivity index (χ4v) is 4.71. The molecular formula is C31H28F6N4O. The van der Waals surface area contributed by atoms with Crippen molar-refractivity contribution in [1.29, 1.82) is 0 Å². The lowest BCUT2D eigenvalue weighted by Gasteiger charge is -2.22. The first kappa shape index (κ1) is 29.4. The maximum Gasteiger partial charge on any atom is 0.435 e. The number of benzene rings is 3. The lowest BCUT2D eigenvalue weighted by atomic mass is 9.96. The van der Waals surface area contributed by atoms with E-state index in [4.69, 9.17) is 0 Å². The fourth-order valence-electron chi connectivity index (χ4n) is 4.71. The number of amides is 1. The van der Waals surface area contributed by atoms with Gasteiger partial charge in [0.15, 0.2) is 5.69 Å². The molecule has 1 saturated carbocycles. The normalized spacial score (nSPS) is 14.5. The average molecular weight is 587 g/mol. The van der Waals surface area contributed by atoms with Crippen molar-refractivity contribution in [2.24, 2.45) is 5.92 Å². The van der Waals surface area contributed by atoms with Gasteiger partial charge in [-0.15, -0.1) is 0 Å². The van der Waals surface area contributed by atoms with Crippen molar-refractivity contribution in [3.8, 4) is 5.69 Å². The Labute approximate surface area is 238 Å². The van der Waals surface area contributed by atoms with Gasteiger partial charge in [-0.1, -0.05) is 43.3 Å². The molecule has 220 valence electrons. The smallest absolute Gasteiger partial charge is 0.321 e. The first-order valence-electron chi connectivity index (χ1n) is 13.5. The molecule has 11 heteroatoms. The number of carbonyl (C=O) groups excluding carboxylic acids is 1. The molecule has 42 heavy (non-hydrogen) atoms. The van der Waals surface area contributed by atoms with Crippen molar-refractivity contribution in [3.05, 3.63) is 113 Å². The van der Waals surface area contributed by atoms with E-state index in [1.807, 2.05) is 13.0 Å². The Kier molecular flexibility index (Phi) is 8.14. The Balaban J connectivity index is 1.47. The van der Waals surface area contributed by atoms with Crippen LogP contribution in [-0.2, 0) is 18.8 Å². The summed E-state index contributed by atoms with van der Waals surface area (Å²) in [6.07, 6.45) is -6.58. The maximum atomic E-state index is 13.6. The lowest BCUT2D eigenvalue weighted by Crippen LogP contribution is -2.25. The molecule has 1 aliphatic rings. The van der Waals surface area contributed by atoms with Gasteiger partial charge < -0.3 is 10.6 Å². The molecule has 5 nitrogen and oxygen atoms in total. The van der Waals surface area contributed by atoms with Crippen molar-refractivity contribution in [3.63, 3.8) is 0 Å². The maximum absolute atomic E-state index is 13.6. The number of hydrogen-bond acceptors (Lipinski definition) is 3. The fraction of sp³-hybridized carbons (Fsp3) is 0.290. The summed E-state index contributed by atoms with van der Waals surface area (Å²) in [5, 5.41) is 9.67. The van der Waals surface area contributed by atoms with Gasteiger partial charge in [-0.25, -0.2) is 4.68 Å². The van der Waals surface area contributed by atoms with Crippen LogP contribution >= 0.6 is 0 Å². The van der Waals surface area contributed by atoms with Crippen molar-refractivity contribution in [2.75, 3.05) is 11.9 Å². The van der Waals surface area contributed by atoms with E-state index in [1.165, 1.54) is 6.07 Å². The summed E-state index contributed by atoms with van der Waals surface area (Å²) in [5.74, 6) is -0.380. The molecule has 1 aromatic heterocycles. The van der Waals surface area contributed by atoms with E-state index in [0.717, 1.165) is 35.2 Å². The largest absolute Gasteiger partial charge is 0.435 e. The molecule has 1 amide bonds. The van der Waals surface area contributed by atoms with Crippen LogP contribution in [0.1, 0.15) is 64.2 Å². The van der Waals surface area contributed by atoms with Gasteiger partial charge in [0.2, 0.25) is 0 Å². The van der Waals surface area contributed by atoms with Crippen LogP contribution in [0.25, 0.3) is 5.69 Å². The second-order valence-corrected chi connectivity index (χ2v) is 10.3. The van der Waals surface area contributed by atoms with Gasteiger partial charge in [-0.05, 0) is 84.8 Å². The van der Waals surface area contributed by atoms with Crippen LogP contribution in [0.5, 0.6) is 0 Å². The highest BCUT2D eigenvalue weighted by Gasteiger charge is 2.36. The molecule has 5 rings (SSSR count). The summed E-state index contributed by atoms with van der Waals surface area (Å²) >= 11 is 0. The standard InChI is InChI=1S/C31H28F6N4O/c1-2-19-6-3-11-25(14-19)41-26(17-27(40-41)31(35,36)37)29(42)39-24-10-5-8-22(16-24)28(38-18-20-12-13-20)21-7-4-9-23(15-21)30(32,33)34/h3-11,14-17,20,28,38H,2,12-13,18H2,1H3,(H,39,42). The van der Waals surface area contributed by atoms with Crippen LogP contribution in [0.3, 0.4) is 0 Å². The highest BCUT2D eigenvalue weighted by molar-refractivity contribution is 6.03. The third-order valence-corrected chi connectivity index (χ3v) is 7.13. The van der Waals surface area contributed by atoms with E-state index in [9.17, 15) is 31.1 Å². The highest BCUT2D eigenvalue weighted by Crippen LogP contribution is 2.35. The Hall–Kier alpha value is -4.12. The van der Waals surface area contributed by atoms with Crippen LogP contribution < -0.4 is 10.6 Å². The Bertz CT molecular complexity index is 1570. The van der Waals surface area contributed by atoms with Crippen LogP contribution in [0.2, 0.25) is 0 Å². The van der Waals surface area contributed by atoms with Gasteiger partial charge in [-0.3, -0.25) is 4.79 Å². The number of nitrogens with zero attached hydrogens (tertiary/aromatic N) is 2. The number of halogens is 6. The zero-order valence-corrected chi connectivity index (χ0v) is 22.6. The molecule has 2 N–H and O–H groups in total. The van der Waals surface area contributed by atoms with Crippen molar-refractivity contribution in [1.82, 2.24) is 15.1 Å². The first-order valence-corrected chi connectivity index (χ1v) is 13.5. The number of alkyl halides is 6. The second kappa shape index (κ2) is 11.6. The van der Waals surface area contributed by atoms with Crippen LogP contribution in [0, 0.1) is 5.92 Å². The predicted octanol–water partition coefficient (Wildman–Crippen LogP) is 7.81. The van der Waals surface area contributed by atoms with Gasteiger partial charge in [0.05, 0.1) is 17.3 Å². The summed E-state index contributed by atoms with van der Waals surface area (Å²) in [7, 11) is 0. The molecule has 0 saturated heterocycles. The van der Waals surface area contributed by atoms with E-state index in [0.29, 0.717) is 41.8 Å². The highest BCUT2D eigenvalue weighted by atomic mass is 19.4. The number of aryl methyl sites for hydroxylation is 1. The third-order valence-electron chi connectivity index (χ3n) is 7.13. The number of hydrogen-bond donors (Lipinski definition) is 2. The molecule has 1 unspecified atom stereocenters. The molecule has 4 aromatic rings. The molecule has 1 atom stereocenters. The van der Waals surface area contributed by atoms with Crippen LogP contribution in [-0.4, -0.2) is 22.2 Å². The third kappa shape index (κ3) is 6.84. The predicted molar refractivity (Wildman–Crippen MR) is 146 cm³/mol. The number of nitrogens with one attached hydrogen (secondary N) is 2. The summed E-state index contributed by atoms with van der Waals surface area (Å²) in [5.41, 5.74) is 0.118. The second-order valence-electron chi connectivity index (χ2n) is 10.3. The van der Waals surface area contributed by atoms with Gasteiger partial charge >= 0.3 is 12.4 Å². The summed E-state index contributed by atoms with van der Waals surface area (Å²) < 4.78 is 82.1. The van der Waals surface area contributed by atoms with Gasteiger partial charge in [0, 0.05) is 11.8 Å². The minimum Gasteiger partial charge on any atom is -0.321 e. The van der Waals surface area contributed by atoms with E-state index in [1.54, 1.807) is 48.5 Å². The Morgan fingerprint density at radius 1 is 0.905 bits per heavy atom. The number of carbonyl (C=O) groups is 1. The SMILES string of the molecule is CCc1cccc(-n2nc(C(F)(F)F)cc2C(=O)Nc2cccc(C(NCC3CC3)c3cccc(C(F)(F)F)c3)c2)c1. The average Bonchev–Trinajstić information content (AvgIpc) is 3.66. The van der Waals surface area contributed by atoms with Gasteiger partial charge in [0.1, 0.15) is 5.69 Å². The Morgan fingerprint density at radius 3 is 2.26 bits per heavy atom. The zero-order valence-electron chi connectivity index (χ0n) is 22.6. The van der Waals surface area contributed by atoms with Crippen LogP contribution in [0.15, 0.2) is 78.9 Å². The molecule has 0 aliphatic heterocycles. The minimum atomic E-state index is -4.77. The van der Waals surface area contributed by atoms with Crippen LogP contribution in [0.4, 0.5) is 32.0 Å². The molecular weight excluding hydrogens is 558 g/mol. The van der Waals surface area contributed by atoms with E-state index in [-0.39, 0.29) is 11.4 Å². The summed E-state index contributed by atoms with van der Waals surface area (Å²) in [4.78, 5) is 13.4. The van der Waals surface area contributed by atoms with E-state index in [2.05, 4.69) is 15.7 Å². The summed E-state index contributed by atoms with van der Waals surface area (Å²) in [6.45, 7) is 2.50. The van der Waals surface area contributed by atoms with Crippen molar-refractivity contribution >= 4 is 11.6 Å². The minimum absolute atomic E-state index is 0.270. The monoisotopic (exact) mass is 586 g/mol. The zero-order chi connectivity index (χ0) is 30.1. The molecule has 0 spiro atoms. The number of rotatable bonds is 9. The van der Waals surface area contributed by atoms with Crippen molar-refractivity contribution in [2.45, 2.75) is 44.6 Å². The lowest BCUT2D eigenvalue weighted by molar-refractivity contribution is -0.141. The molecule has 1 fully saturated rings. The molecule has 0 bridgehead atoms. The van der Waals surface area contributed by atoms with Gasteiger partial charge in [0.25, 0.3) is 5.91 Å². The molecule has 1 heterocycles. The van der Waals surface area contributed by atoms with E-state index < -0.39 is 35.6 Å². The molecule has 0 radical (unpaired) electrons. The topological polar surface area (TPSA) is 59.0 Å². The Morgan fingerprint density at radius 2 is 1.60 bits per heavy atom. The first-order chi connectivity index (χ1) is 19.9. The van der Waals surface area contributed by atoms with E-state index >= 15 is 0 Å². The number of aromatic nitrogens is 2. The van der Waals surface area contributed by atoms with Crippen molar-refractivity contribution < 1.29 is 31.1 Å².